The zero-order chi connectivity index (χ0) is 18.9. The molecule has 3 rings (SSSR count). The van der Waals surface area contributed by atoms with E-state index in [9.17, 15) is 4.79 Å². The molecule has 1 unspecified atom stereocenters. The minimum atomic E-state index is -0.204. The monoisotopic (exact) mass is 354 g/mol. The van der Waals surface area contributed by atoms with Gasteiger partial charge in [-0.25, -0.2) is 0 Å². The molecule has 1 amide bonds. The molecule has 2 aromatic rings. The SMILES string of the molecule is CC(C(=O)NC(C)(C)C)N1CCc2c(-c3ccccc3)nn(C)c2CC1. The second-order valence-corrected chi connectivity index (χ2v) is 8.21. The van der Waals surface area contributed by atoms with Crippen molar-refractivity contribution in [3.05, 3.63) is 41.6 Å². The van der Waals surface area contributed by atoms with Crippen LogP contribution in [0.2, 0.25) is 0 Å². The first-order valence-corrected chi connectivity index (χ1v) is 9.42. The van der Waals surface area contributed by atoms with Gasteiger partial charge in [0.25, 0.3) is 0 Å². The summed E-state index contributed by atoms with van der Waals surface area (Å²) in [6, 6.07) is 10.2. The molecular weight excluding hydrogens is 324 g/mol. The summed E-state index contributed by atoms with van der Waals surface area (Å²) in [4.78, 5) is 14.9. The Morgan fingerprint density at radius 3 is 2.46 bits per heavy atom. The highest BCUT2D eigenvalue weighted by Gasteiger charge is 2.28. The predicted molar refractivity (Wildman–Crippen MR) is 105 cm³/mol. The van der Waals surface area contributed by atoms with Gasteiger partial charge in [0.05, 0.1) is 11.7 Å². The smallest absolute Gasteiger partial charge is 0.237 e. The summed E-state index contributed by atoms with van der Waals surface area (Å²) in [5, 5.41) is 7.88. The molecule has 0 aliphatic carbocycles. The van der Waals surface area contributed by atoms with E-state index in [1.807, 2.05) is 45.5 Å². The zero-order valence-corrected chi connectivity index (χ0v) is 16.5. The van der Waals surface area contributed by atoms with Gasteiger partial charge in [-0.2, -0.15) is 5.10 Å². The number of carbonyl (C=O) groups excluding carboxylic acids is 1. The summed E-state index contributed by atoms with van der Waals surface area (Å²) in [5.41, 5.74) is 4.65. The molecule has 0 fully saturated rings. The van der Waals surface area contributed by atoms with Gasteiger partial charge in [-0.05, 0) is 34.1 Å². The van der Waals surface area contributed by atoms with Crippen LogP contribution >= 0.6 is 0 Å². The Hall–Kier alpha value is -2.14. The number of aryl methyl sites for hydroxylation is 1. The molecule has 0 spiro atoms. The Morgan fingerprint density at radius 1 is 1.15 bits per heavy atom. The molecule has 2 heterocycles. The summed E-state index contributed by atoms with van der Waals surface area (Å²) in [6.07, 6.45) is 1.83. The fraction of sp³-hybridized carbons (Fsp3) is 0.524. The number of aromatic nitrogens is 2. The standard InChI is InChI=1S/C21H30N4O/c1-15(20(26)22-21(2,3)4)25-13-11-17-18(12-14-25)24(5)23-19(17)16-9-7-6-8-10-16/h6-10,15H,11-14H2,1-5H3,(H,22,26). The molecule has 1 atom stereocenters. The summed E-state index contributed by atoms with van der Waals surface area (Å²) in [5.74, 6) is 0.102. The van der Waals surface area contributed by atoms with Crippen LogP contribution in [0.4, 0.5) is 0 Å². The van der Waals surface area contributed by atoms with E-state index < -0.39 is 0 Å². The van der Waals surface area contributed by atoms with Gasteiger partial charge in [0.15, 0.2) is 0 Å². The maximum Gasteiger partial charge on any atom is 0.237 e. The van der Waals surface area contributed by atoms with Crippen molar-refractivity contribution in [3.63, 3.8) is 0 Å². The van der Waals surface area contributed by atoms with Crippen LogP contribution < -0.4 is 5.32 Å². The van der Waals surface area contributed by atoms with E-state index in [4.69, 9.17) is 5.10 Å². The van der Waals surface area contributed by atoms with Gasteiger partial charge < -0.3 is 5.32 Å². The highest BCUT2D eigenvalue weighted by atomic mass is 16.2. The Balaban J connectivity index is 1.78. The lowest BCUT2D eigenvalue weighted by molar-refractivity contribution is -0.127. The van der Waals surface area contributed by atoms with E-state index >= 15 is 0 Å². The van der Waals surface area contributed by atoms with Gasteiger partial charge in [-0.3, -0.25) is 14.4 Å². The van der Waals surface area contributed by atoms with Crippen LogP contribution in [0.15, 0.2) is 30.3 Å². The number of hydrogen-bond acceptors (Lipinski definition) is 3. The van der Waals surface area contributed by atoms with Crippen LogP contribution in [0.1, 0.15) is 39.0 Å². The van der Waals surface area contributed by atoms with Gasteiger partial charge in [0.1, 0.15) is 0 Å². The number of nitrogens with one attached hydrogen (secondary N) is 1. The van der Waals surface area contributed by atoms with E-state index in [1.165, 1.54) is 11.3 Å². The third-order valence-electron chi connectivity index (χ3n) is 5.03. The minimum absolute atomic E-state index is 0.102. The predicted octanol–water partition coefficient (Wildman–Crippen LogP) is 2.79. The maximum atomic E-state index is 12.6. The summed E-state index contributed by atoms with van der Waals surface area (Å²) in [6.45, 7) is 9.82. The second kappa shape index (κ2) is 7.23. The van der Waals surface area contributed by atoms with Crippen molar-refractivity contribution in [2.75, 3.05) is 13.1 Å². The average Bonchev–Trinajstić information content (AvgIpc) is 2.76. The lowest BCUT2D eigenvalue weighted by Gasteiger charge is -2.30. The lowest BCUT2D eigenvalue weighted by atomic mass is 10.0. The molecule has 1 aliphatic heterocycles. The largest absolute Gasteiger partial charge is 0.350 e. The highest BCUT2D eigenvalue weighted by Crippen LogP contribution is 2.28. The first-order valence-electron chi connectivity index (χ1n) is 9.42. The normalized spacial score (nSPS) is 16.7. The number of nitrogens with zero attached hydrogens (tertiary/aromatic N) is 3. The highest BCUT2D eigenvalue weighted by molar-refractivity contribution is 5.82. The van der Waals surface area contributed by atoms with E-state index in [1.54, 1.807) is 0 Å². The van der Waals surface area contributed by atoms with Crippen LogP contribution in [0.3, 0.4) is 0 Å². The molecule has 1 aromatic heterocycles. The van der Waals surface area contributed by atoms with Gasteiger partial charge in [-0.15, -0.1) is 0 Å². The summed E-state index contributed by atoms with van der Waals surface area (Å²) < 4.78 is 2.01. The molecule has 0 bridgehead atoms. The van der Waals surface area contributed by atoms with Crippen LogP contribution in [0.5, 0.6) is 0 Å². The maximum absolute atomic E-state index is 12.6. The van der Waals surface area contributed by atoms with Crippen molar-refractivity contribution in [1.29, 1.82) is 0 Å². The Kier molecular flexibility index (Phi) is 5.19. The molecule has 5 nitrogen and oxygen atoms in total. The Labute approximate surface area is 156 Å². The Bertz CT molecular complexity index is 773. The number of benzene rings is 1. The fourth-order valence-electron chi connectivity index (χ4n) is 3.65. The van der Waals surface area contributed by atoms with Crippen molar-refractivity contribution in [3.8, 4) is 11.3 Å². The molecule has 1 aromatic carbocycles. The van der Waals surface area contributed by atoms with Crippen molar-refractivity contribution in [2.45, 2.75) is 52.1 Å². The zero-order valence-electron chi connectivity index (χ0n) is 16.5. The van der Waals surface area contributed by atoms with Crippen molar-refractivity contribution in [2.24, 2.45) is 7.05 Å². The first-order chi connectivity index (χ1) is 12.3. The topological polar surface area (TPSA) is 50.2 Å². The molecule has 5 heteroatoms. The van der Waals surface area contributed by atoms with Gasteiger partial charge in [0.2, 0.25) is 5.91 Å². The van der Waals surface area contributed by atoms with Crippen molar-refractivity contribution in [1.82, 2.24) is 20.0 Å². The number of rotatable bonds is 3. The molecule has 0 saturated carbocycles. The molecular formula is C21H30N4O. The molecule has 140 valence electrons. The van der Waals surface area contributed by atoms with E-state index in [2.05, 4.69) is 34.5 Å². The van der Waals surface area contributed by atoms with Crippen molar-refractivity contribution >= 4 is 5.91 Å². The summed E-state index contributed by atoms with van der Waals surface area (Å²) in [7, 11) is 2.02. The molecule has 1 aliphatic rings. The molecule has 26 heavy (non-hydrogen) atoms. The number of fused-ring (bicyclic) bond motifs is 1. The molecule has 1 N–H and O–H groups in total. The number of carbonyl (C=O) groups is 1. The van der Waals surface area contributed by atoms with E-state index in [0.717, 1.165) is 37.2 Å². The van der Waals surface area contributed by atoms with Crippen LogP contribution in [-0.4, -0.2) is 45.3 Å². The lowest BCUT2D eigenvalue weighted by Crippen LogP contribution is -2.51. The van der Waals surface area contributed by atoms with E-state index in [0.29, 0.717) is 0 Å². The average molecular weight is 354 g/mol. The third-order valence-corrected chi connectivity index (χ3v) is 5.03. The summed E-state index contributed by atoms with van der Waals surface area (Å²) >= 11 is 0. The number of amides is 1. The Morgan fingerprint density at radius 2 is 1.81 bits per heavy atom. The molecule has 0 radical (unpaired) electrons. The van der Waals surface area contributed by atoms with Crippen LogP contribution in [0, 0.1) is 0 Å². The quantitative estimate of drug-likeness (QED) is 0.922. The van der Waals surface area contributed by atoms with Gasteiger partial charge in [-0.1, -0.05) is 30.3 Å². The van der Waals surface area contributed by atoms with E-state index in [-0.39, 0.29) is 17.5 Å². The second-order valence-electron chi connectivity index (χ2n) is 8.21. The van der Waals surface area contributed by atoms with Crippen molar-refractivity contribution < 1.29 is 4.79 Å². The van der Waals surface area contributed by atoms with Gasteiger partial charge >= 0.3 is 0 Å². The fourth-order valence-corrected chi connectivity index (χ4v) is 3.65. The first kappa shape index (κ1) is 18.6. The van der Waals surface area contributed by atoms with Crippen LogP contribution in [0.25, 0.3) is 11.3 Å². The third kappa shape index (κ3) is 3.98. The van der Waals surface area contributed by atoms with Gasteiger partial charge in [0, 0.05) is 48.9 Å². The minimum Gasteiger partial charge on any atom is -0.350 e. The number of hydrogen-bond donors (Lipinski definition) is 1. The molecule has 0 saturated heterocycles. The van der Waals surface area contributed by atoms with Crippen LogP contribution in [-0.2, 0) is 24.7 Å².